The van der Waals surface area contributed by atoms with Crippen LogP contribution in [0, 0.1) is 27.7 Å². The topological polar surface area (TPSA) is 40.6 Å². The van der Waals surface area contributed by atoms with Crippen molar-refractivity contribution in [3.63, 3.8) is 0 Å². The van der Waals surface area contributed by atoms with Crippen molar-refractivity contribution in [2.45, 2.75) is 39.1 Å². The van der Waals surface area contributed by atoms with E-state index in [0.717, 1.165) is 27.8 Å². The molecule has 1 aliphatic rings. The number of aryl methyl sites for hydroxylation is 2. The van der Waals surface area contributed by atoms with E-state index in [-0.39, 0.29) is 0 Å². The summed E-state index contributed by atoms with van der Waals surface area (Å²) in [6.45, 7) is 10.7. The summed E-state index contributed by atoms with van der Waals surface area (Å²) in [4.78, 5) is 2.70. The highest BCUT2D eigenvalue weighted by Crippen LogP contribution is 2.30. The van der Waals surface area contributed by atoms with Gasteiger partial charge < -0.3 is 0 Å². The SMILES string of the molecule is Cc1cc(C)c(C)c(S(=O)(=O)N2CCN(Cc3ccc(Cl)cc3Cl)CC2)c1C. The Balaban J connectivity index is 1.76. The fourth-order valence-electron chi connectivity index (χ4n) is 3.72. The van der Waals surface area contributed by atoms with E-state index in [2.05, 4.69) is 11.0 Å². The Bertz CT molecular complexity index is 972. The molecule has 0 atom stereocenters. The second-order valence-electron chi connectivity index (χ2n) is 7.51. The van der Waals surface area contributed by atoms with Gasteiger partial charge in [-0.3, -0.25) is 4.90 Å². The van der Waals surface area contributed by atoms with Gasteiger partial charge in [-0.2, -0.15) is 4.31 Å². The largest absolute Gasteiger partial charge is 0.296 e. The van der Waals surface area contributed by atoms with Gasteiger partial charge in [-0.05, 0) is 67.6 Å². The van der Waals surface area contributed by atoms with Crippen molar-refractivity contribution in [3.8, 4) is 0 Å². The maximum atomic E-state index is 13.4. The smallest absolute Gasteiger partial charge is 0.243 e. The van der Waals surface area contributed by atoms with Gasteiger partial charge in [-0.25, -0.2) is 8.42 Å². The van der Waals surface area contributed by atoms with Gasteiger partial charge in [0.2, 0.25) is 10.0 Å². The van der Waals surface area contributed by atoms with E-state index >= 15 is 0 Å². The quantitative estimate of drug-likeness (QED) is 0.689. The van der Waals surface area contributed by atoms with E-state index in [0.29, 0.717) is 47.7 Å². The van der Waals surface area contributed by atoms with Crippen LogP contribution in [0.25, 0.3) is 0 Å². The van der Waals surface area contributed by atoms with Crippen LogP contribution in [-0.2, 0) is 16.6 Å². The molecular weight excluding hydrogens is 415 g/mol. The minimum Gasteiger partial charge on any atom is -0.296 e. The molecule has 152 valence electrons. The van der Waals surface area contributed by atoms with Crippen molar-refractivity contribution in [3.05, 3.63) is 62.1 Å². The summed E-state index contributed by atoms with van der Waals surface area (Å²) in [7, 11) is -3.52. The van der Waals surface area contributed by atoms with E-state index in [9.17, 15) is 8.42 Å². The summed E-state index contributed by atoms with van der Waals surface area (Å²) < 4.78 is 28.3. The molecular formula is C21H26Cl2N2O2S. The Kier molecular flexibility index (Phi) is 6.42. The number of benzene rings is 2. The lowest BCUT2D eigenvalue weighted by molar-refractivity contribution is 0.181. The summed E-state index contributed by atoms with van der Waals surface area (Å²) >= 11 is 12.2. The standard InChI is InChI=1S/C21H26Cl2N2O2S/c1-14-11-15(2)17(4)21(16(14)3)28(26,27)25-9-7-24(8-10-25)13-18-5-6-19(22)12-20(18)23/h5-6,11-12H,7-10,13H2,1-4H3. The summed E-state index contributed by atoms with van der Waals surface area (Å²) in [6.07, 6.45) is 0. The second kappa shape index (κ2) is 8.33. The van der Waals surface area contributed by atoms with Gasteiger partial charge in [0.15, 0.2) is 0 Å². The third kappa shape index (κ3) is 4.24. The van der Waals surface area contributed by atoms with E-state index in [1.54, 1.807) is 10.4 Å². The lowest BCUT2D eigenvalue weighted by Crippen LogP contribution is -2.48. The molecule has 1 aliphatic heterocycles. The molecule has 0 aromatic heterocycles. The zero-order valence-corrected chi connectivity index (χ0v) is 19.0. The number of sulfonamides is 1. The van der Waals surface area contributed by atoms with Crippen molar-refractivity contribution >= 4 is 33.2 Å². The molecule has 28 heavy (non-hydrogen) atoms. The Labute approximate surface area is 178 Å². The lowest BCUT2D eigenvalue weighted by Gasteiger charge is -2.35. The molecule has 0 N–H and O–H groups in total. The first-order valence-electron chi connectivity index (χ1n) is 9.35. The first-order chi connectivity index (χ1) is 13.1. The summed E-state index contributed by atoms with van der Waals surface area (Å²) in [5.74, 6) is 0. The van der Waals surface area contributed by atoms with Gasteiger partial charge in [0.25, 0.3) is 0 Å². The van der Waals surface area contributed by atoms with Crippen LogP contribution in [0.15, 0.2) is 29.2 Å². The minimum absolute atomic E-state index is 0.471. The van der Waals surface area contributed by atoms with Crippen molar-refractivity contribution in [1.82, 2.24) is 9.21 Å². The molecule has 0 radical (unpaired) electrons. The first-order valence-corrected chi connectivity index (χ1v) is 11.5. The number of piperazine rings is 1. The van der Waals surface area contributed by atoms with Crippen LogP contribution < -0.4 is 0 Å². The van der Waals surface area contributed by atoms with Crippen LogP contribution >= 0.6 is 23.2 Å². The monoisotopic (exact) mass is 440 g/mol. The molecule has 0 saturated carbocycles. The average Bonchev–Trinajstić information content (AvgIpc) is 2.63. The first kappa shape index (κ1) is 21.6. The average molecular weight is 441 g/mol. The molecule has 2 aromatic carbocycles. The van der Waals surface area contributed by atoms with Crippen molar-refractivity contribution < 1.29 is 8.42 Å². The Morgan fingerprint density at radius 1 is 0.893 bits per heavy atom. The van der Waals surface area contributed by atoms with Crippen molar-refractivity contribution in [2.24, 2.45) is 0 Å². The molecule has 7 heteroatoms. The van der Waals surface area contributed by atoms with Gasteiger partial charge in [-0.15, -0.1) is 0 Å². The van der Waals surface area contributed by atoms with Crippen LogP contribution in [-0.4, -0.2) is 43.8 Å². The fraction of sp³-hybridized carbons (Fsp3) is 0.429. The van der Waals surface area contributed by atoms with E-state index in [1.807, 2.05) is 39.8 Å². The number of halogens is 2. The number of hydrogen-bond donors (Lipinski definition) is 0. The minimum atomic E-state index is -3.52. The Hall–Kier alpha value is -1.11. The summed E-state index contributed by atoms with van der Waals surface area (Å²) in [5.41, 5.74) is 4.72. The molecule has 0 spiro atoms. The van der Waals surface area contributed by atoms with Gasteiger partial charge >= 0.3 is 0 Å². The highest BCUT2D eigenvalue weighted by molar-refractivity contribution is 7.89. The van der Waals surface area contributed by atoms with Crippen molar-refractivity contribution in [1.29, 1.82) is 0 Å². The normalized spacial score (nSPS) is 16.5. The highest BCUT2D eigenvalue weighted by Gasteiger charge is 2.31. The lowest BCUT2D eigenvalue weighted by atomic mass is 10.0. The third-order valence-electron chi connectivity index (χ3n) is 5.64. The molecule has 0 aliphatic carbocycles. The van der Waals surface area contributed by atoms with Crippen LogP contribution in [0.1, 0.15) is 27.8 Å². The summed E-state index contributed by atoms with van der Waals surface area (Å²) in [6, 6.07) is 7.55. The molecule has 3 rings (SSSR count). The van der Waals surface area contributed by atoms with Gasteiger partial charge in [0.05, 0.1) is 4.90 Å². The number of rotatable bonds is 4. The highest BCUT2D eigenvalue weighted by atomic mass is 35.5. The Morgan fingerprint density at radius 3 is 2.00 bits per heavy atom. The van der Waals surface area contributed by atoms with Gasteiger partial charge in [-0.1, -0.05) is 35.3 Å². The van der Waals surface area contributed by atoms with Crippen molar-refractivity contribution in [2.75, 3.05) is 26.2 Å². The van der Waals surface area contributed by atoms with E-state index in [1.165, 1.54) is 0 Å². The van der Waals surface area contributed by atoms with E-state index in [4.69, 9.17) is 23.2 Å². The predicted octanol–water partition coefficient (Wildman–Crippen LogP) is 4.73. The predicted molar refractivity (Wildman–Crippen MR) is 116 cm³/mol. The van der Waals surface area contributed by atoms with Crippen LogP contribution in [0.4, 0.5) is 0 Å². The second-order valence-corrected chi connectivity index (χ2v) is 10.2. The molecule has 1 fully saturated rings. The van der Waals surface area contributed by atoms with Gasteiger partial charge in [0.1, 0.15) is 0 Å². The Morgan fingerprint density at radius 2 is 1.46 bits per heavy atom. The summed E-state index contributed by atoms with van der Waals surface area (Å²) in [5, 5.41) is 1.26. The fourth-order valence-corrected chi connectivity index (χ4v) is 6.18. The van der Waals surface area contributed by atoms with Crippen LogP contribution in [0.2, 0.25) is 10.0 Å². The maximum absolute atomic E-state index is 13.4. The molecule has 2 aromatic rings. The molecule has 0 unspecified atom stereocenters. The zero-order chi connectivity index (χ0) is 20.6. The number of nitrogens with zero attached hydrogens (tertiary/aromatic N) is 2. The molecule has 1 saturated heterocycles. The zero-order valence-electron chi connectivity index (χ0n) is 16.7. The van der Waals surface area contributed by atoms with Crippen LogP contribution in [0.3, 0.4) is 0 Å². The molecule has 0 bridgehead atoms. The van der Waals surface area contributed by atoms with E-state index < -0.39 is 10.0 Å². The number of hydrogen-bond acceptors (Lipinski definition) is 3. The van der Waals surface area contributed by atoms with Gasteiger partial charge in [0, 0.05) is 42.8 Å². The third-order valence-corrected chi connectivity index (χ3v) is 8.40. The molecule has 0 amide bonds. The maximum Gasteiger partial charge on any atom is 0.243 e. The molecule has 1 heterocycles. The molecule has 4 nitrogen and oxygen atoms in total. The van der Waals surface area contributed by atoms with Crippen LogP contribution in [0.5, 0.6) is 0 Å².